The second-order valence-corrected chi connectivity index (χ2v) is 7.04. The Morgan fingerprint density at radius 2 is 2.00 bits per heavy atom. The van der Waals surface area contributed by atoms with Gasteiger partial charge in [-0.05, 0) is 56.0 Å². The number of benzene rings is 1. The van der Waals surface area contributed by atoms with Crippen molar-refractivity contribution in [2.75, 3.05) is 0 Å². The number of aliphatic hydroxyl groups is 1. The quantitative estimate of drug-likeness (QED) is 0.745. The molecule has 0 unspecified atom stereocenters. The molecule has 0 aliphatic heterocycles. The second-order valence-electron chi connectivity index (χ2n) is 7.04. The number of carbonyl (C=O) groups is 1. The summed E-state index contributed by atoms with van der Waals surface area (Å²) in [7, 11) is 1.77. The van der Waals surface area contributed by atoms with Crippen LogP contribution in [0, 0.1) is 5.82 Å². The van der Waals surface area contributed by atoms with Crippen LogP contribution in [-0.4, -0.2) is 37.9 Å². The fourth-order valence-electron chi connectivity index (χ4n) is 3.59. The van der Waals surface area contributed by atoms with Crippen molar-refractivity contribution >= 4 is 16.8 Å². The summed E-state index contributed by atoms with van der Waals surface area (Å²) in [5.41, 5.74) is 2.51. The number of rotatable bonds is 3. The first-order valence-electron chi connectivity index (χ1n) is 9.09. The third kappa shape index (κ3) is 3.55. The van der Waals surface area contributed by atoms with E-state index in [1.807, 2.05) is 0 Å². The van der Waals surface area contributed by atoms with Gasteiger partial charge in [0, 0.05) is 30.2 Å². The largest absolute Gasteiger partial charge is 0.393 e. The van der Waals surface area contributed by atoms with Gasteiger partial charge in [0.05, 0.1) is 11.6 Å². The van der Waals surface area contributed by atoms with Crippen molar-refractivity contribution in [1.29, 1.82) is 0 Å². The van der Waals surface area contributed by atoms with Crippen molar-refractivity contribution in [1.82, 2.24) is 20.1 Å². The fourth-order valence-corrected chi connectivity index (χ4v) is 3.59. The molecule has 2 N–H and O–H groups in total. The molecule has 1 fully saturated rings. The molecule has 0 spiro atoms. The summed E-state index contributed by atoms with van der Waals surface area (Å²) in [6, 6.07) is 8.11. The van der Waals surface area contributed by atoms with Crippen LogP contribution in [0.2, 0.25) is 0 Å². The Kier molecular flexibility index (Phi) is 4.61. The van der Waals surface area contributed by atoms with E-state index in [0.29, 0.717) is 29.7 Å². The summed E-state index contributed by atoms with van der Waals surface area (Å²) in [6.07, 6.45) is 4.35. The van der Waals surface area contributed by atoms with E-state index in [1.165, 1.54) is 12.1 Å². The molecule has 1 aromatic carbocycles. The Morgan fingerprint density at radius 3 is 2.70 bits per heavy atom. The number of aromatic nitrogens is 3. The molecular weight excluding hydrogens is 347 g/mol. The molecule has 1 aliphatic rings. The molecule has 4 rings (SSSR count). The highest BCUT2D eigenvalue weighted by Crippen LogP contribution is 2.27. The first-order valence-corrected chi connectivity index (χ1v) is 9.09. The van der Waals surface area contributed by atoms with Crippen LogP contribution in [0.4, 0.5) is 4.39 Å². The van der Waals surface area contributed by atoms with E-state index in [-0.39, 0.29) is 23.9 Å². The number of fused-ring (bicyclic) bond motifs is 1. The Morgan fingerprint density at radius 1 is 1.22 bits per heavy atom. The highest BCUT2D eigenvalue weighted by atomic mass is 19.1. The third-order valence-electron chi connectivity index (χ3n) is 5.12. The van der Waals surface area contributed by atoms with Crippen LogP contribution >= 0.6 is 0 Å². The fraction of sp³-hybridized carbons (Fsp3) is 0.350. The number of nitrogens with one attached hydrogen (secondary N) is 1. The SMILES string of the molecule is Cn1nc(-c2ccc(C(=O)NC3CCC(O)CC3)nc2)c2ccc(F)cc21. The molecular formula is C20H21FN4O2. The molecule has 3 aromatic rings. The van der Waals surface area contributed by atoms with Crippen LogP contribution in [0.5, 0.6) is 0 Å². The van der Waals surface area contributed by atoms with Crippen molar-refractivity contribution in [3.63, 3.8) is 0 Å². The highest BCUT2D eigenvalue weighted by molar-refractivity contribution is 5.95. The van der Waals surface area contributed by atoms with Crippen molar-refractivity contribution in [3.05, 3.63) is 48.0 Å². The number of nitrogens with zero attached hydrogens (tertiary/aromatic N) is 3. The molecule has 1 aliphatic carbocycles. The first kappa shape index (κ1) is 17.6. The van der Waals surface area contributed by atoms with Crippen LogP contribution < -0.4 is 5.32 Å². The van der Waals surface area contributed by atoms with Gasteiger partial charge < -0.3 is 10.4 Å². The summed E-state index contributed by atoms with van der Waals surface area (Å²) in [5.74, 6) is -0.520. The number of hydrogen-bond acceptors (Lipinski definition) is 4. The predicted octanol–water partition coefficient (Wildman–Crippen LogP) is 2.81. The van der Waals surface area contributed by atoms with Crippen LogP contribution in [0.3, 0.4) is 0 Å². The summed E-state index contributed by atoms with van der Waals surface area (Å²) in [6.45, 7) is 0. The molecule has 0 bridgehead atoms. The van der Waals surface area contributed by atoms with E-state index in [0.717, 1.165) is 23.8 Å². The van der Waals surface area contributed by atoms with Gasteiger partial charge in [0.25, 0.3) is 5.91 Å². The topological polar surface area (TPSA) is 80.0 Å². The standard InChI is InChI=1S/C20H21FN4O2/c1-25-18-10-13(21)3-8-16(18)19(24-25)12-2-9-17(22-11-12)20(27)23-14-4-6-15(26)7-5-14/h2-3,8-11,14-15,26H,4-7H2,1H3,(H,23,27). The zero-order valence-electron chi connectivity index (χ0n) is 15.0. The number of aryl methyl sites for hydroxylation is 1. The van der Waals surface area contributed by atoms with Gasteiger partial charge in [-0.1, -0.05) is 0 Å². The average molecular weight is 368 g/mol. The Hall–Kier alpha value is -2.80. The number of amides is 1. The molecule has 6 nitrogen and oxygen atoms in total. The van der Waals surface area contributed by atoms with Gasteiger partial charge in [0.1, 0.15) is 17.2 Å². The molecule has 0 saturated heterocycles. The molecule has 0 atom stereocenters. The minimum absolute atomic E-state index is 0.0806. The second kappa shape index (κ2) is 7.08. The molecule has 1 saturated carbocycles. The summed E-state index contributed by atoms with van der Waals surface area (Å²) < 4.78 is 15.1. The zero-order valence-corrected chi connectivity index (χ0v) is 15.0. The van der Waals surface area contributed by atoms with Crippen molar-refractivity contribution < 1.29 is 14.3 Å². The predicted molar refractivity (Wildman–Crippen MR) is 99.6 cm³/mol. The van der Waals surface area contributed by atoms with Crippen LogP contribution in [0.1, 0.15) is 36.2 Å². The smallest absolute Gasteiger partial charge is 0.270 e. The van der Waals surface area contributed by atoms with Crippen LogP contribution in [0.15, 0.2) is 36.5 Å². The van der Waals surface area contributed by atoms with Crippen molar-refractivity contribution in [2.45, 2.75) is 37.8 Å². The zero-order chi connectivity index (χ0) is 19.0. The molecule has 2 aromatic heterocycles. The van der Waals surface area contributed by atoms with E-state index in [4.69, 9.17) is 0 Å². The van der Waals surface area contributed by atoms with Crippen LogP contribution in [0.25, 0.3) is 22.2 Å². The molecule has 7 heteroatoms. The molecule has 0 radical (unpaired) electrons. The van der Waals surface area contributed by atoms with E-state index < -0.39 is 0 Å². The van der Waals surface area contributed by atoms with E-state index in [9.17, 15) is 14.3 Å². The number of halogens is 1. The lowest BCUT2D eigenvalue weighted by Crippen LogP contribution is -2.38. The van der Waals surface area contributed by atoms with Crippen LogP contribution in [-0.2, 0) is 7.05 Å². The number of carbonyl (C=O) groups excluding carboxylic acids is 1. The Balaban J connectivity index is 1.53. The Labute approximate surface area is 156 Å². The van der Waals surface area contributed by atoms with E-state index in [1.54, 1.807) is 36.1 Å². The lowest BCUT2D eigenvalue weighted by Gasteiger charge is -2.26. The third-order valence-corrected chi connectivity index (χ3v) is 5.12. The Bertz CT molecular complexity index is 976. The summed E-state index contributed by atoms with van der Waals surface area (Å²) >= 11 is 0. The number of aliphatic hydroxyl groups excluding tert-OH is 1. The van der Waals surface area contributed by atoms with Crippen molar-refractivity contribution in [3.8, 4) is 11.3 Å². The van der Waals surface area contributed by atoms with Gasteiger partial charge >= 0.3 is 0 Å². The van der Waals surface area contributed by atoms with Gasteiger partial charge in [-0.3, -0.25) is 14.5 Å². The van der Waals surface area contributed by atoms with Gasteiger partial charge in [-0.15, -0.1) is 0 Å². The maximum atomic E-state index is 13.5. The summed E-state index contributed by atoms with van der Waals surface area (Å²) in [5, 5.41) is 17.8. The number of pyridine rings is 1. The van der Waals surface area contributed by atoms with Gasteiger partial charge in [-0.2, -0.15) is 5.10 Å². The normalized spacial score (nSPS) is 20.0. The first-order chi connectivity index (χ1) is 13.0. The van der Waals surface area contributed by atoms with Crippen molar-refractivity contribution in [2.24, 2.45) is 7.05 Å². The highest BCUT2D eigenvalue weighted by Gasteiger charge is 2.22. The number of hydrogen-bond donors (Lipinski definition) is 2. The minimum atomic E-state index is -0.308. The maximum absolute atomic E-state index is 13.5. The summed E-state index contributed by atoms with van der Waals surface area (Å²) in [4.78, 5) is 16.7. The van der Waals surface area contributed by atoms with E-state index in [2.05, 4.69) is 15.4 Å². The maximum Gasteiger partial charge on any atom is 0.270 e. The lowest BCUT2D eigenvalue weighted by molar-refractivity contribution is 0.0863. The monoisotopic (exact) mass is 368 g/mol. The van der Waals surface area contributed by atoms with Gasteiger partial charge in [0.2, 0.25) is 0 Å². The molecule has 2 heterocycles. The minimum Gasteiger partial charge on any atom is -0.393 e. The molecule has 140 valence electrons. The molecule has 27 heavy (non-hydrogen) atoms. The van der Waals surface area contributed by atoms with E-state index >= 15 is 0 Å². The average Bonchev–Trinajstić information content (AvgIpc) is 3.00. The van der Waals surface area contributed by atoms with Gasteiger partial charge in [-0.25, -0.2) is 4.39 Å². The molecule has 1 amide bonds. The lowest BCUT2D eigenvalue weighted by atomic mass is 9.93. The van der Waals surface area contributed by atoms with Gasteiger partial charge in [0.15, 0.2) is 0 Å².